The molecule has 2 unspecified atom stereocenters. The number of unbranched alkanes of at least 4 members (excludes halogenated alkanes) is 8. The highest BCUT2D eigenvalue weighted by atomic mass is 16.7. The van der Waals surface area contributed by atoms with Gasteiger partial charge in [0.1, 0.15) is 0 Å². The molecule has 0 fully saturated rings. The molecule has 3 aromatic rings. The first kappa shape index (κ1) is 39.8. The third kappa shape index (κ3) is 13.3. The molecule has 0 saturated heterocycles. The zero-order chi connectivity index (χ0) is 35.3. The Balaban J connectivity index is 1.45. The molecule has 1 aliphatic rings. The highest BCUT2D eigenvalue weighted by Crippen LogP contribution is 2.34. The Morgan fingerprint density at radius 2 is 0.900 bits per heavy atom. The van der Waals surface area contributed by atoms with Gasteiger partial charge in [0.2, 0.25) is 0 Å². The normalized spacial score (nSPS) is 17.1. The number of rotatable bonds is 25. The molecule has 0 aromatic heterocycles. The average Bonchev–Trinajstić information content (AvgIpc) is 3.17. The summed E-state index contributed by atoms with van der Waals surface area (Å²) >= 11 is 0. The summed E-state index contributed by atoms with van der Waals surface area (Å²) < 4.78 is 13.9. The fourth-order valence-corrected chi connectivity index (χ4v) is 7.26. The maximum atomic E-state index is 6.93. The minimum atomic E-state index is -0.675. The average molecular weight is 677 g/mol. The minimum absolute atomic E-state index is 0.602. The predicted octanol–water partition coefficient (Wildman–Crippen LogP) is 14.6. The summed E-state index contributed by atoms with van der Waals surface area (Å²) in [4.78, 5) is 0. The first-order valence-corrected chi connectivity index (χ1v) is 20.5. The van der Waals surface area contributed by atoms with Crippen LogP contribution in [0, 0.1) is 11.8 Å². The minimum Gasteiger partial charge on any atom is -0.346 e. The first-order valence-electron chi connectivity index (χ1n) is 20.5. The van der Waals surface area contributed by atoms with Crippen molar-refractivity contribution < 1.29 is 9.47 Å². The monoisotopic (exact) mass is 677 g/mol. The highest BCUT2D eigenvalue weighted by molar-refractivity contribution is 5.77. The lowest BCUT2D eigenvalue weighted by atomic mass is 9.93. The van der Waals surface area contributed by atoms with Gasteiger partial charge in [0.15, 0.2) is 5.79 Å². The lowest BCUT2D eigenvalue weighted by Gasteiger charge is -2.35. The lowest BCUT2D eigenvalue weighted by Crippen LogP contribution is -2.38. The van der Waals surface area contributed by atoms with Crippen LogP contribution in [0.2, 0.25) is 0 Å². The van der Waals surface area contributed by atoms with Crippen molar-refractivity contribution in [1.29, 1.82) is 0 Å². The van der Waals surface area contributed by atoms with E-state index in [0.717, 1.165) is 19.6 Å². The number of allylic oxidation sites excluding steroid dienone is 2. The van der Waals surface area contributed by atoms with Crippen LogP contribution in [0.25, 0.3) is 27.8 Å². The van der Waals surface area contributed by atoms with Crippen molar-refractivity contribution in [1.82, 2.24) is 0 Å². The van der Waals surface area contributed by atoms with Crippen molar-refractivity contribution in [3.05, 3.63) is 103 Å². The summed E-state index contributed by atoms with van der Waals surface area (Å²) in [5.74, 6) is 0.529. The van der Waals surface area contributed by atoms with Gasteiger partial charge in [0, 0.05) is 6.42 Å². The Morgan fingerprint density at radius 1 is 0.480 bits per heavy atom. The van der Waals surface area contributed by atoms with Gasteiger partial charge in [0.05, 0.1) is 13.2 Å². The van der Waals surface area contributed by atoms with Crippen LogP contribution in [0.5, 0.6) is 0 Å². The molecule has 4 rings (SSSR count). The lowest BCUT2D eigenvalue weighted by molar-refractivity contribution is -0.215. The van der Waals surface area contributed by atoms with Gasteiger partial charge in [-0.1, -0.05) is 196 Å². The fourth-order valence-electron chi connectivity index (χ4n) is 7.26. The van der Waals surface area contributed by atoms with Crippen LogP contribution < -0.4 is 0 Å². The molecule has 0 saturated carbocycles. The number of benzene rings is 3. The number of hydrogen-bond acceptors (Lipinski definition) is 2. The Labute approximate surface area is 306 Å². The second-order valence-corrected chi connectivity index (χ2v) is 14.9. The van der Waals surface area contributed by atoms with E-state index in [2.05, 4.69) is 125 Å². The van der Waals surface area contributed by atoms with E-state index in [0.29, 0.717) is 11.8 Å². The molecule has 3 aromatic carbocycles. The Morgan fingerprint density at radius 3 is 1.32 bits per heavy atom. The molecule has 0 radical (unpaired) electrons. The molecule has 0 amide bonds. The summed E-state index contributed by atoms with van der Waals surface area (Å²) in [7, 11) is 0. The van der Waals surface area contributed by atoms with Gasteiger partial charge in [-0.05, 0) is 77.0 Å². The highest BCUT2D eigenvalue weighted by Gasteiger charge is 2.32. The van der Waals surface area contributed by atoms with Crippen LogP contribution in [-0.4, -0.2) is 19.0 Å². The van der Waals surface area contributed by atoms with E-state index in [9.17, 15) is 0 Å². The van der Waals surface area contributed by atoms with E-state index in [4.69, 9.17) is 9.47 Å². The molecular weight excluding hydrogens is 609 g/mol. The molecule has 0 bridgehead atoms. The van der Waals surface area contributed by atoms with Gasteiger partial charge in [-0.15, -0.1) is 0 Å². The third-order valence-corrected chi connectivity index (χ3v) is 10.7. The maximum absolute atomic E-state index is 6.93. The first-order chi connectivity index (χ1) is 24.6. The fraction of sp³-hybridized carbons (Fsp3) is 0.542. The summed E-state index contributed by atoms with van der Waals surface area (Å²) in [6.07, 6.45) is 28.2. The van der Waals surface area contributed by atoms with Crippen molar-refractivity contribution in [2.24, 2.45) is 11.8 Å². The molecule has 0 spiro atoms. The smallest absolute Gasteiger partial charge is 0.191 e. The quantitative estimate of drug-likeness (QED) is 0.0657. The van der Waals surface area contributed by atoms with Crippen LogP contribution in [0.1, 0.15) is 142 Å². The summed E-state index contributed by atoms with van der Waals surface area (Å²) in [5.41, 5.74) is 7.48. The second kappa shape index (κ2) is 22.8. The maximum Gasteiger partial charge on any atom is 0.191 e. The topological polar surface area (TPSA) is 18.5 Å². The SMILES string of the molecule is CCCCCCC(CCCC)COC1(OCC(CCCC)CCCCCC)C=CC(c2ccc(-c3ccc(-c4ccccc4)cc3)cc2)=CC1. The van der Waals surface area contributed by atoms with Crippen molar-refractivity contribution in [3.63, 3.8) is 0 Å². The molecule has 1 aliphatic carbocycles. The van der Waals surface area contributed by atoms with Gasteiger partial charge in [-0.3, -0.25) is 0 Å². The van der Waals surface area contributed by atoms with E-state index in [1.807, 2.05) is 0 Å². The van der Waals surface area contributed by atoms with Gasteiger partial charge >= 0.3 is 0 Å². The largest absolute Gasteiger partial charge is 0.346 e. The van der Waals surface area contributed by atoms with Crippen molar-refractivity contribution >= 4 is 5.57 Å². The second-order valence-electron chi connectivity index (χ2n) is 14.9. The Hall–Kier alpha value is -2.94. The van der Waals surface area contributed by atoms with E-state index in [1.54, 1.807) is 0 Å². The van der Waals surface area contributed by atoms with Crippen molar-refractivity contribution in [2.75, 3.05) is 13.2 Å². The molecule has 0 aliphatic heterocycles. The van der Waals surface area contributed by atoms with Crippen molar-refractivity contribution in [2.45, 2.75) is 143 Å². The molecular formula is C48H68O2. The number of ether oxygens (including phenoxy) is 2. The molecule has 2 atom stereocenters. The standard InChI is InChI=1S/C48H68O2/c1-5-9-13-16-22-40(20-11-7-3)38-49-48(50-39-41(21-12-8-4)23-17-14-10-6-2)36-34-47(35-37-48)46-32-30-45(31-33-46)44-28-26-43(27-29-44)42-24-18-15-19-25-42/h15,18-19,24-36,40-41H,5-14,16-17,20-23,37-39H2,1-4H3. The van der Waals surface area contributed by atoms with Gasteiger partial charge < -0.3 is 9.47 Å². The summed E-state index contributed by atoms with van der Waals surface area (Å²) in [5, 5.41) is 0. The zero-order valence-corrected chi connectivity index (χ0v) is 32.1. The Kier molecular flexibility index (Phi) is 18.2. The molecule has 50 heavy (non-hydrogen) atoms. The van der Waals surface area contributed by atoms with Crippen LogP contribution in [-0.2, 0) is 9.47 Å². The molecule has 2 heteroatoms. The Bertz CT molecular complexity index is 1340. The van der Waals surface area contributed by atoms with Gasteiger partial charge in [0.25, 0.3) is 0 Å². The molecule has 0 N–H and O–H groups in total. The van der Waals surface area contributed by atoms with Gasteiger partial charge in [-0.25, -0.2) is 0 Å². The van der Waals surface area contributed by atoms with Crippen LogP contribution in [0.4, 0.5) is 0 Å². The predicted molar refractivity (Wildman–Crippen MR) is 217 cm³/mol. The van der Waals surface area contributed by atoms with Crippen molar-refractivity contribution in [3.8, 4) is 22.3 Å². The van der Waals surface area contributed by atoms with Crippen LogP contribution in [0.15, 0.2) is 97.1 Å². The van der Waals surface area contributed by atoms with E-state index in [-0.39, 0.29) is 0 Å². The zero-order valence-electron chi connectivity index (χ0n) is 32.1. The molecule has 0 heterocycles. The van der Waals surface area contributed by atoms with E-state index in [1.165, 1.54) is 136 Å². The summed E-state index contributed by atoms with van der Waals surface area (Å²) in [6.45, 7) is 10.8. The number of hydrogen-bond donors (Lipinski definition) is 0. The van der Waals surface area contributed by atoms with E-state index >= 15 is 0 Å². The summed E-state index contributed by atoms with van der Waals surface area (Å²) in [6, 6.07) is 28.5. The van der Waals surface area contributed by atoms with Crippen LogP contribution in [0.3, 0.4) is 0 Å². The van der Waals surface area contributed by atoms with Crippen LogP contribution >= 0.6 is 0 Å². The molecule has 2 nitrogen and oxygen atoms in total. The van der Waals surface area contributed by atoms with E-state index < -0.39 is 5.79 Å². The molecule has 272 valence electrons. The van der Waals surface area contributed by atoms with Gasteiger partial charge in [-0.2, -0.15) is 0 Å². The third-order valence-electron chi connectivity index (χ3n) is 10.7.